The Morgan fingerprint density at radius 1 is 1.06 bits per heavy atom. The van der Waals surface area contributed by atoms with E-state index in [1.165, 1.54) is 11.1 Å². The standard InChI is InChI=1S/C28H30N4O2/c1-20-9-11-21(12-10-20)18-31-14-13-26-25(19-31)27(30-32(26)15-16-33)28(34)29-17-23-7-4-6-22-5-2-3-8-24(22)23/h2-12,33H,13-19H2,1H3,(H,29,34). The van der Waals surface area contributed by atoms with Gasteiger partial charge in [-0.2, -0.15) is 5.10 Å². The van der Waals surface area contributed by atoms with Crippen LogP contribution in [-0.2, 0) is 32.6 Å². The third-order valence-electron chi connectivity index (χ3n) is 6.59. The van der Waals surface area contributed by atoms with E-state index in [0.29, 0.717) is 25.3 Å². The van der Waals surface area contributed by atoms with Gasteiger partial charge in [0.1, 0.15) is 0 Å². The van der Waals surface area contributed by atoms with Crippen molar-refractivity contribution in [2.75, 3.05) is 13.2 Å². The van der Waals surface area contributed by atoms with Gasteiger partial charge in [-0.3, -0.25) is 14.4 Å². The highest BCUT2D eigenvalue weighted by molar-refractivity contribution is 5.94. The van der Waals surface area contributed by atoms with Crippen LogP contribution in [0.15, 0.2) is 66.7 Å². The number of aromatic nitrogens is 2. The Morgan fingerprint density at radius 3 is 2.68 bits per heavy atom. The van der Waals surface area contributed by atoms with Crippen LogP contribution >= 0.6 is 0 Å². The number of rotatable bonds is 7. The predicted octanol–water partition coefficient (Wildman–Crippen LogP) is 3.83. The molecule has 6 nitrogen and oxygen atoms in total. The molecular weight excluding hydrogens is 424 g/mol. The van der Waals surface area contributed by atoms with Gasteiger partial charge < -0.3 is 10.4 Å². The number of hydrogen-bond donors (Lipinski definition) is 2. The molecule has 5 rings (SSSR count). The number of carbonyl (C=O) groups is 1. The molecule has 0 atom stereocenters. The van der Waals surface area contributed by atoms with Crippen LogP contribution in [-0.4, -0.2) is 38.8 Å². The third kappa shape index (κ3) is 4.60. The molecular formula is C28H30N4O2. The summed E-state index contributed by atoms with van der Waals surface area (Å²) in [6.45, 7) is 5.34. The average Bonchev–Trinajstić information content (AvgIpc) is 3.22. The molecule has 6 heteroatoms. The first-order valence-corrected chi connectivity index (χ1v) is 11.8. The van der Waals surface area contributed by atoms with Gasteiger partial charge in [0.2, 0.25) is 0 Å². The number of nitrogens with one attached hydrogen (secondary N) is 1. The number of nitrogens with zero attached hydrogens (tertiary/aromatic N) is 3. The van der Waals surface area contributed by atoms with Gasteiger partial charge in [0.25, 0.3) is 5.91 Å². The van der Waals surface area contributed by atoms with Gasteiger partial charge in [-0.05, 0) is 28.8 Å². The molecule has 0 saturated heterocycles. The first kappa shape index (κ1) is 22.3. The number of amides is 1. The van der Waals surface area contributed by atoms with Crippen molar-refractivity contribution in [2.24, 2.45) is 0 Å². The van der Waals surface area contributed by atoms with Crippen molar-refractivity contribution in [3.63, 3.8) is 0 Å². The van der Waals surface area contributed by atoms with Gasteiger partial charge in [0, 0.05) is 43.9 Å². The Balaban J connectivity index is 1.36. The van der Waals surface area contributed by atoms with Gasteiger partial charge in [0.05, 0.1) is 13.2 Å². The van der Waals surface area contributed by atoms with Crippen molar-refractivity contribution in [1.29, 1.82) is 0 Å². The lowest BCUT2D eigenvalue weighted by Crippen LogP contribution is -2.32. The van der Waals surface area contributed by atoms with Gasteiger partial charge in [-0.25, -0.2) is 0 Å². The molecule has 0 aliphatic carbocycles. The van der Waals surface area contributed by atoms with Crippen LogP contribution < -0.4 is 5.32 Å². The minimum Gasteiger partial charge on any atom is -0.394 e. The summed E-state index contributed by atoms with van der Waals surface area (Å²) in [7, 11) is 0. The topological polar surface area (TPSA) is 70.4 Å². The van der Waals surface area contributed by atoms with E-state index in [1.54, 1.807) is 0 Å². The molecule has 0 fully saturated rings. The van der Waals surface area contributed by atoms with Crippen molar-refractivity contribution < 1.29 is 9.90 Å². The van der Waals surface area contributed by atoms with Crippen molar-refractivity contribution in [3.05, 3.63) is 100 Å². The molecule has 34 heavy (non-hydrogen) atoms. The molecule has 0 bridgehead atoms. The number of carbonyl (C=O) groups excluding carboxylic acids is 1. The fourth-order valence-electron chi connectivity index (χ4n) is 4.80. The van der Waals surface area contributed by atoms with E-state index in [1.807, 2.05) is 28.9 Å². The monoisotopic (exact) mass is 454 g/mol. The smallest absolute Gasteiger partial charge is 0.272 e. The summed E-state index contributed by atoms with van der Waals surface area (Å²) in [5.41, 5.74) is 6.10. The second-order valence-electron chi connectivity index (χ2n) is 8.99. The SMILES string of the molecule is Cc1ccc(CN2CCc3c(c(C(=O)NCc4cccc5ccccc45)nn3CCO)C2)cc1. The van der Waals surface area contributed by atoms with Crippen molar-refractivity contribution >= 4 is 16.7 Å². The largest absolute Gasteiger partial charge is 0.394 e. The molecule has 0 radical (unpaired) electrons. The molecule has 0 saturated carbocycles. The molecule has 0 unspecified atom stereocenters. The van der Waals surface area contributed by atoms with Crippen molar-refractivity contribution in [2.45, 2.75) is 39.5 Å². The Hall–Kier alpha value is -3.48. The summed E-state index contributed by atoms with van der Waals surface area (Å²) >= 11 is 0. The van der Waals surface area contributed by atoms with Crippen LogP contribution in [0.5, 0.6) is 0 Å². The Bertz CT molecular complexity index is 1300. The fraction of sp³-hybridized carbons (Fsp3) is 0.286. The molecule has 2 heterocycles. The molecule has 1 amide bonds. The zero-order valence-electron chi connectivity index (χ0n) is 19.5. The Kier molecular flexibility index (Phi) is 6.43. The van der Waals surface area contributed by atoms with Crippen LogP contribution in [0.4, 0.5) is 0 Å². The number of aliphatic hydroxyl groups excluding tert-OH is 1. The minimum absolute atomic E-state index is 0.00172. The molecule has 0 spiro atoms. The molecule has 4 aromatic rings. The summed E-state index contributed by atoms with van der Waals surface area (Å²) in [5, 5.41) is 19.5. The lowest BCUT2D eigenvalue weighted by atomic mass is 10.0. The zero-order chi connectivity index (χ0) is 23.5. The second-order valence-corrected chi connectivity index (χ2v) is 8.99. The van der Waals surface area contributed by atoms with E-state index in [9.17, 15) is 9.90 Å². The predicted molar refractivity (Wildman–Crippen MR) is 133 cm³/mol. The summed E-state index contributed by atoms with van der Waals surface area (Å²) in [6, 6.07) is 22.9. The number of aliphatic hydroxyl groups is 1. The lowest BCUT2D eigenvalue weighted by Gasteiger charge is -2.27. The highest BCUT2D eigenvalue weighted by Crippen LogP contribution is 2.25. The van der Waals surface area contributed by atoms with E-state index < -0.39 is 0 Å². The Labute approximate surface area is 199 Å². The van der Waals surface area contributed by atoms with Crippen LogP contribution in [0.2, 0.25) is 0 Å². The van der Waals surface area contributed by atoms with Crippen LogP contribution in [0.25, 0.3) is 10.8 Å². The Morgan fingerprint density at radius 2 is 1.85 bits per heavy atom. The quantitative estimate of drug-likeness (QED) is 0.445. The van der Waals surface area contributed by atoms with Gasteiger partial charge >= 0.3 is 0 Å². The number of benzene rings is 3. The van der Waals surface area contributed by atoms with E-state index in [0.717, 1.165) is 47.1 Å². The van der Waals surface area contributed by atoms with Crippen LogP contribution in [0.1, 0.15) is 38.4 Å². The molecule has 1 aromatic heterocycles. The summed E-state index contributed by atoms with van der Waals surface area (Å²) in [4.78, 5) is 15.6. The summed E-state index contributed by atoms with van der Waals surface area (Å²) in [5.74, 6) is -0.168. The van der Waals surface area contributed by atoms with E-state index in [4.69, 9.17) is 0 Å². The maximum atomic E-state index is 13.3. The van der Waals surface area contributed by atoms with Crippen LogP contribution in [0.3, 0.4) is 0 Å². The second kappa shape index (κ2) is 9.79. The van der Waals surface area contributed by atoms with Gasteiger partial charge in [-0.1, -0.05) is 72.3 Å². The van der Waals surface area contributed by atoms with Gasteiger partial charge in [0.15, 0.2) is 5.69 Å². The van der Waals surface area contributed by atoms with Crippen molar-refractivity contribution in [3.8, 4) is 0 Å². The number of aryl methyl sites for hydroxylation is 1. The normalized spacial score (nSPS) is 13.7. The first-order valence-electron chi connectivity index (χ1n) is 11.8. The molecule has 3 aromatic carbocycles. The number of fused-ring (bicyclic) bond motifs is 2. The highest BCUT2D eigenvalue weighted by atomic mass is 16.3. The molecule has 174 valence electrons. The maximum absolute atomic E-state index is 13.3. The zero-order valence-corrected chi connectivity index (χ0v) is 19.5. The maximum Gasteiger partial charge on any atom is 0.272 e. The average molecular weight is 455 g/mol. The molecule has 1 aliphatic heterocycles. The van der Waals surface area contributed by atoms with Crippen LogP contribution in [0, 0.1) is 6.92 Å². The summed E-state index contributed by atoms with van der Waals surface area (Å²) in [6.07, 6.45) is 0.810. The van der Waals surface area contributed by atoms with Gasteiger partial charge in [-0.15, -0.1) is 0 Å². The highest BCUT2D eigenvalue weighted by Gasteiger charge is 2.28. The summed E-state index contributed by atoms with van der Waals surface area (Å²) < 4.78 is 1.81. The lowest BCUT2D eigenvalue weighted by molar-refractivity contribution is 0.0942. The molecule has 1 aliphatic rings. The molecule has 2 N–H and O–H groups in total. The van der Waals surface area contributed by atoms with E-state index >= 15 is 0 Å². The minimum atomic E-state index is -0.168. The number of hydrogen-bond acceptors (Lipinski definition) is 4. The third-order valence-corrected chi connectivity index (χ3v) is 6.59. The fourth-order valence-corrected chi connectivity index (χ4v) is 4.80. The van der Waals surface area contributed by atoms with E-state index in [2.05, 4.69) is 64.7 Å². The first-order chi connectivity index (χ1) is 16.6. The van der Waals surface area contributed by atoms with Crippen molar-refractivity contribution in [1.82, 2.24) is 20.0 Å². The van der Waals surface area contributed by atoms with E-state index in [-0.39, 0.29) is 12.5 Å².